The van der Waals surface area contributed by atoms with Gasteiger partial charge >= 0.3 is 5.97 Å². The van der Waals surface area contributed by atoms with Crippen LogP contribution in [-0.2, 0) is 14.3 Å². The third-order valence-electron chi connectivity index (χ3n) is 5.51. The van der Waals surface area contributed by atoms with Crippen LogP contribution in [0.2, 0.25) is 0 Å². The van der Waals surface area contributed by atoms with Crippen molar-refractivity contribution in [1.29, 1.82) is 0 Å². The number of carbonyl (C=O) groups is 3. The van der Waals surface area contributed by atoms with Crippen LogP contribution in [0.15, 0.2) is 60.2 Å². The van der Waals surface area contributed by atoms with Gasteiger partial charge in [0.05, 0.1) is 24.0 Å². The molecule has 1 aliphatic rings. The van der Waals surface area contributed by atoms with Crippen LogP contribution in [0.5, 0.6) is 0 Å². The number of esters is 1. The second-order valence-electron chi connectivity index (χ2n) is 7.60. The molecule has 9 heteroatoms. The molecule has 4 rings (SSSR count). The molecule has 0 saturated carbocycles. The number of benzene rings is 2. The lowest BCUT2D eigenvalue weighted by Gasteiger charge is -2.28. The largest absolute Gasteiger partial charge is 0.465 e. The van der Waals surface area contributed by atoms with Crippen LogP contribution >= 0.6 is 12.2 Å². The molecule has 0 spiro atoms. The van der Waals surface area contributed by atoms with E-state index in [1.54, 1.807) is 24.3 Å². The van der Waals surface area contributed by atoms with Crippen molar-refractivity contribution in [3.63, 3.8) is 0 Å². The van der Waals surface area contributed by atoms with Crippen LogP contribution in [-0.4, -0.2) is 34.6 Å². The topological polar surface area (TPSA) is 80.6 Å². The van der Waals surface area contributed by atoms with Crippen molar-refractivity contribution in [2.24, 2.45) is 0 Å². The molecule has 0 atom stereocenters. The van der Waals surface area contributed by atoms with E-state index in [1.807, 2.05) is 24.5 Å². The Hall–Kier alpha value is -4.11. The van der Waals surface area contributed by atoms with Crippen molar-refractivity contribution in [3.8, 4) is 5.69 Å². The highest BCUT2D eigenvalue weighted by molar-refractivity contribution is 7.80. The summed E-state index contributed by atoms with van der Waals surface area (Å²) >= 11 is 5.18. The lowest BCUT2D eigenvalue weighted by molar-refractivity contribution is -0.122. The van der Waals surface area contributed by atoms with Crippen molar-refractivity contribution < 1.29 is 23.5 Å². The summed E-state index contributed by atoms with van der Waals surface area (Å²) in [5, 5.41) is 2.43. The van der Waals surface area contributed by atoms with Crippen molar-refractivity contribution in [1.82, 2.24) is 9.88 Å². The van der Waals surface area contributed by atoms with Crippen LogP contribution in [0, 0.1) is 19.7 Å². The molecule has 0 radical (unpaired) electrons. The molecule has 3 aromatic rings. The summed E-state index contributed by atoms with van der Waals surface area (Å²) in [5.74, 6) is -2.19. The van der Waals surface area contributed by atoms with Gasteiger partial charge in [-0.25, -0.2) is 9.18 Å². The Morgan fingerprint density at radius 2 is 1.76 bits per heavy atom. The monoisotopic (exact) mass is 477 g/mol. The highest BCUT2D eigenvalue weighted by atomic mass is 32.1. The van der Waals surface area contributed by atoms with Gasteiger partial charge in [-0.1, -0.05) is 12.1 Å². The zero-order valence-electron chi connectivity index (χ0n) is 18.6. The molecule has 0 unspecified atom stereocenters. The van der Waals surface area contributed by atoms with Crippen LogP contribution in [0.4, 0.5) is 10.1 Å². The molecule has 2 amide bonds. The normalized spacial score (nSPS) is 15.0. The van der Waals surface area contributed by atoms with Crippen LogP contribution in [0.3, 0.4) is 0 Å². The summed E-state index contributed by atoms with van der Waals surface area (Å²) < 4.78 is 20.1. The first-order valence-corrected chi connectivity index (χ1v) is 10.7. The van der Waals surface area contributed by atoms with E-state index < -0.39 is 23.6 Å². The van der Waals surface area contributed by atoms with Crippen molar-refractivity contribution in [3.05, 3.63) is 88.5 Å². The number of ether oxygens (including phenoxy) is 1. The van der Waals surface area contributed by atoms with Crippen molar-refractivity contribution in [2.75, 3.05) is 12.0 Å². The lowest BCUT2D eigenvalue weighted by Crippen LogP contribution is -2.54. The molecule has 7 nitrogen and oxygen atoms in total. The second-order valence-corrected chi connectivity index (χ2v) is 7.99. The highest BCUT2D eigenvalue weighted by Crippen LogP contribution is 2.27. The number of thiocarbonyl (C=S) groups is 1. The number of nitrogens with one attached hydrogen (secondary N) is 1. The number of amides is 2. The lowest BCUT2D eigenvalue weighted by atomic mass is 10.1. The number of methoxy groups -OCH3 is 1. The van der Waals surface area contributed by atoms with E-state index >= 15 is 0 Å². The zero-order chi connectivity index (χ0) is 24.6. The van der Waals surface area contributed by atoms with E-state index in [0.29, 0.717) is 28.2 Å². The maximum absolute atomic E-state index is 13.4. The average molecular weight is 478 g/mol. The predicted molar refractivity (Wildman–Crippen MR) is 129 cm³/mol. The molecule has 34 heavy (non-hydrogen) atoms. The summed E-state index contributed by atoms with van der Waals surface area (Å²) in [7, 11) is 1.31. The first-order valence-electron chi connectivity index (χ1n) is 10.3. The van der Waals surface area contributed by atoms with E-state index in [1.165, 1.54) is 37.5 Å². The van der Waals surface area contributed by atoms with Crippen LogP contribution in [0.25, 0.3) is 11.8 Å². The molecule has 0 bridgehead atoms. The first-order chi connectivity index (χ1) is 16.2. The number of halogens is 1. The molecule has 2 heterocycles. The minimum Gasteiger partial charge on any atom is -0.465 e. The number of para-hydroxylation sites is 1. The molecule has 172 valence electrons. The van der Waals surface area contributed by atoms with Gasteiger partial charge in [-0.15, -0.1) is 0 Å². The molecule has 1 saturated heterocycles. The fraction of sp³-hybridized carbons (Fsp3) is 0.120. The molecule has 1 N–H and O–H groups in total. The Labute approximate surface area is 200 Å². The summed E-state index contributed by atoms with van der Waals surface area (Å²) in [6.07, 6.45) is 1.48. The van der Waals surface area contributed by atoms with Gasteiger partial charge in [-0.2, -0.15) is 0 Å². The van der Waals surface area contributed by atoms with E-state index in [9.17, 15) is 18.8 Å². The van der Waals surface area contributed by atoms with Gasteiger partial charge in [0.25, 0.3) is 11.8 Å². The summed E-state index contributed by atoms with van der Waals surface area (Å²) in [6, 6.07) is 14.0. The number of aromatic nitrogens is 1. The molecular weight excluding hydrogens is 457 g/mol. The molecular formula is C25H20FN3O4S. The predicted octanol–water partition coefficient (Wildman–Crippen LogP) is 3.85. The number of anilines is 1. The molecule has 2 aromatic carbocycles. The van der Waals surface area contributed by atoms with E-state index in [0.717, 1.165) is 10.6 Å². The fourth-order valence-electron chi connectivity index (χ4n) is 3.89. The quantitative estimate of drug-likeness (QED) is 0.267. The Morgan fingerprint density at radius 1 is 1.09 bits per heavy atom. The SMILES string of the molecule is COC(=O)c1ccccc1-n1c(C)cc(/C=C2\C(=O)NC(=S)N(c3ccc(F)cc3)C2=O)c1C. The van der Waals surface area contributed by atoms with E-state index in [-0.39, 0.29) is 10.7 Å². The number of aryl methyl sites for hydroxylation is 1. The zero-order valence-corrected chi connectivity index (χ0v) is 19.4. The van der Waals surface area contributed by atoms with Gasteiger partial charge in [0.15, 0.2) is 5.11 Å². The second kappa shape index (κ2) is 9.03. The summed E-state index contributed by atoms with van der Waals surface area (Å²) in [6.45, 7) is 3.67. The van der Waals surface area contributed by atoms with Gasteiger partial charge in [0.1, 0.15) is 11.4 Å². The number of hydrogen-bond acceptors (Lipinski definition) is 5. The maximum atomic E-state index is 13.4. The van der Waals surface area contributed by atoms with E-state index in [2.05, 4.69) is 5.32 Å². The number of rotatable bonds is 4. The molecule has 1 aromatic heterocycles. The van der Waals surface area contributed by atoms with Gasteiger partial charge in [0, 0.05) is 11.4 Å². The Balaban J connectivity index is 1.79. The Bertz CT molecular complexity index is 1380. The summed E-state index contributed by atoms with van der Waals surface area (Å²) in [5.41, 5.74) is 3.31. The Morgan fingerprint density at radius 3 is 2.44 bits per heavy atom. The smallest absolute Gasteiger partial charge is 0.339 e. The van der Waals surface area contributed by atoms with Gasteiger partial charge in [0.2, 0.25) is 0 Å². The average Bonchev–Trinajstić information content (AvgIpc) is 3.09. The van der Waals surface area contributed by atoms with Crippen molar-refractivity contribution >= 4 is 46.9 Å². The number of hydrogen-bond donors (Lipinski definition) is 1. The standard InChI is InChI=1S/C25H20FN3O4S/c1-14-12-16(15(2)28(14)21-7-5-4-6-19(21)24(32)33-3)13-20-22(30)27-25(34)29(23(20)31)18-10-8-17(26)9-11-18/h4-13H,1-3H3,(H,27,30,34)/b20-13+. The maximum Gasteiger partial charge on any atom is 0.339 e. The molecule has 1 aliphatic heterocycles. The highest BCUT2D eigenvalue weighted by Gasteiger charge is 2.34. The van der Waals surface area contributed by atoms with Gasteiger partial charge in [-0.05, 0) is 80.2 Å². The Kier molecular flexibility index (Phi) is 6.12. The van der Waals surface area contributed by atoms with Crippen LogP contribution < -0.4 is 10.2 Å². The third kappa shape index (κ3) is 4.01. The number of nitrogens with zero attached hydrogens (tertiary/aromatic N) is 2. The van der Waals surface area contributed by atoms with Gasteiger partial charge in [-0.3, -0.25) is 19.8 Å². The van der Waals surface area contributed by atoms with Crippen molar-refractivity contribution in [2.45, 2.75) is 13.8 Å². The fourth-order valence-corrected chi connectivity index (χ4v) is 4.17. The molecule has 1 fully saturated rings. The third-order valence-corrected chi connectivity index (χ3v) is 5.79. The van der Waals surface area contributed by atoms with E-state index in [4.69, 9.17) is 17.0 Å². The minimum atomic E-state index is -0.631. The van der Waals surface area contributed by atoms with Gasteiger partial charge < -0.3 is 9.30 Å². The first kappa shape index (κ1) is 23.1. The minimum absolute atomic E-state index is 0.0868. The molecule has 0 aliphatic carbocycles. The number of carbonyl (C=O) groups excluding carboxylic acids is 3. The van der Waals surface area contributed by atoms with Crippen LogP contribution in [0.1, 0.15) is 27.3 Å². The summed E-state index contributed by atoms with van der Waals surface area (Å²) in [4.78, 5) is 39.3.